The van der Waals surface area contributed by atoms with Crippen molar-refractivity contribution < 1.29 is 9.47 Å². The number of nitrogens with zero attached hydrogens (tertiary/aromatic N) is 1. The summed E-state index contributed by atoms with van der Waals surface area (Å²) < 4.78 is 10.6. The summed E-state index contributed by atoms with van der Waals surface area (Å²) in [4.78, 5) is 0. The second-order valence-electron chi connectivity index (χ2n) is 4.47. The number of rotatable bonds is 4. The van der Waals surface area contributed by atoms with Crippen molar-refractivity contribution in [2.45, 2.75) is 12.3 Å². The Labute approximate surface area is 108 Å². The lowest BCUT2D eigenvalue weighted by Crippen LogP contribution is -2.16. The first-order valence-corrected chi connectivity index (χ1v) is 6.12. The first-order chi connectivity index (χ1) is 8.80. The highest BCUT2D eigenvalue weighted by Gasteiger charge is 2.28. The molecule has 0 saturated carbocycles. The van der Waals surface area contributed by atoms with Gasteiger partial charge in [-0.15, -0.1) is 0 Å². The minimum absolute atomic E-state index is 0.124. The van der Waals surface area contributed by atoms with Gasteiger partial charge < -0.3 is 14.8 Å². The topological polar surface area (TPSA) is 54.3 Å². The van der Waals surface area contributed by atoms with Gasteiger partial charge in [-0.2, -0.15) is 5.26 Å². The maximum absolute atomic E-state index is 9.42. The highest BCUT2D eigenvalue weighted by Crippen LogP contribution is 2.36. The van der Waals surface area contributed by atoms with Gasteiger partial charge in [0.05, 0.1) is 26.2 Å². The van der Waals surface area contributed by atoms with Crippen LogP contribution in [-0.2, 0) is 0 Å². The molecule has 2 unspecified atom stereocenters. The Hall–Kier alpha value is -1.73. The van der Waals surface area contributed by atoms with Crippen molar-refractivity contribution in [1.29, 1.82) is 5.26 Å². The number of hydrogen-bond donors (Lipinski definition) is 1. The molecule has 0 aromatic heterocycles. The van der Waals surface area contributed by atoms with Crippen LogP contribution >= 0.6 is 0 Å². The third kappa shape index (κ3) is 2.41. The van der Waals surface area contributed by atoms with Crippen LogP contribution in [-0.4, -0.2) is 27.3 Å². The molecule has 2 rings (SSSR count). The Balaban J connectivity index is 2.32. The molecule has 1 fully saturated rings. The van der Waals surface area contributed by atoms with E-state index in [-0.39, 0.29) is 5.92 Å². The molecule has 1 heterocycles. The van der Waals surface area contributed by atoms with Crippen molar-refractivity contribution in [2.24, 2.45) is 5.92 Å². The second-order valence-corrected chi connectivity index (χ2v) is 4.47. The first-order valence-electron chi connectivity index (χ1n) is 6.12. The first kappa shape index (κ1) is 12.7. The van der Waals surface area contributed by atoms with Crippen LogP contribution < -0.4 is 14.8 Å². The zero-order valence-electron chi connectivity index (χ0n) is 10.8. The van der Waals surface area contributed by atoms with Crippen LogP contribution in [0.4, 0.5) is 0 Å². The second kappa shape index (κ2) is 5.74. The van der Waals surface area contributed by atoms with Crippen molar-refractivity contribution in [2.75, 3.05) is 27.3 Å². The summed E-state index contributed by atoms with van der Waals surface area (Å²) >= 11 is 0. The van der Waals surface area contributed by atoms with E-state index in [2.05, 4.69) is 11.4 Å². The lowest BCUT2D eigenvalue weighted by Gasteiger charge is -2.19. The monoisotopic (exact) mass is 246 g/mol. The van der Waals surface area contributed by atoms with E-state index in [9.17, 15) is 5.26 Å². The minimum Gasteiger partial charge on any atom is -0.497 e. The number of hydrogen-bond acceptors (Lipinski definition) is 4. The largest absolute Gasteiger partial charge is 0.497 e. The summed E-state index contributed by atoms with van der Waals surface area (Å²) in [6, 6.07) is 8.06. The molecule has 4 heteroatoms. The van der Waals surface area contributed by atoms with Gasteiger partial charge in [-0.25, -0.2) is 0 Å². The standard InChI is InChI=1S/C14H18N2O2/c1-17-11-3-4-12(14(7-11)18-2)13(8-15)10-5-6-16-9-10/h3-4,7,10,13,16H,5-6,9H2,1-2H3. The Kier molecular flexibility index (Phi) is 4.06. The SMILES string of the molecule is COc1ccc(C(C#N)C2CCNC2)c(OC)c1. The van der Waals surface area contributed by atoms with E-state index in [0.29, 0.717) is 5.92 Å². The number of benzene rings is 1. The van der Waals surface area contributed by atoms with E-state index < -0.39 is 0 Å². The summed E-state index contributed by atoms with van der Waals surface area (Å²) in [6.07, 6.45) is 1.04. The molecule has 1 N–H and O–H groups in total. The molecule has 1 saturated heterocycles. The zero-order valence-corrected chi connectivity index (χ0v) is 10.8. The van der Waals surface area contributed by atoms with Crippen molar-refractivity contribution in [3.05, 3.63) is 23.8 Å². The molecule has 1 aliphatic heterocycles. The predicted octanol–water partition coefficient (Wildman–Crippen LogP) is 1.92. The van der Waals surface area contributed by atoms with Crippen LogP contribution in [0.3, 0.4) is 0 Å². The molecule has 1 aromatic carbocycles. The molecule has 0 spiro atoms. The van der Waals surface area contributed by atoms with Crippen molar-refractivity contribution in [3.8, 4) is 17.6 Å². The average Bonchev–Trinajstić information content (AvgIpc) is 2.94. The quantitative estimate of drug-likeness (QED) is 0.882. The third-order valence-corrected chi connectivity index (χ3v) is 3.48. The molecule has 0 aliphatic carbocycles. The van der Waals surface area contributed by atoms with Gasteiger partial charge in [-0.3, -0.25) is 0 Å². The van der Waals surface area contributed by atoms with Crippen LogP contribution in [0.1, 0.15) is 17.9 Å². The van der Waals surface area contributed by atoms with Crippen molar-refractivity contribution >= 4 is 0 Å². The fraction of sp³-hybridized carbons (Fsp3) is 0.500. The fourth-order valence-electron chi connectivity index (χ4n) is 2.47. The van der Waals surface area contributed by atoms with Gasteiger partial charge in [-0.1, -0.05) is 6.07 Å². The Morgan fingerprint density at radius 2 is 2.22 bits per heavy atom. The van der Waals surface area contributed by atoms with E-state index >= 15 is 0 Å². The maximum Gasteiger partial charge on any atom is 0.127 e. The molecule has 0 radical (unpaired) electrons. The van der Waals surface area contributed by atoms with Gasteiger partial charge in [0.1, 0.15) is 11.5 Å². The number of nitrogens with one attached hydrogen (secondary N) is 1. The van der Waals surface area contributed by atoms with Gasteiger partial charge in [-0.05, 0) is 31.5 Å². The van der Waals surface area contributed by atoms with E-state index in [1.165, 1.54) is 0 Å². The van der Waals surface area contributed by atoms with Crippen molar-refractivity contribution in [1.82, 2.24) is 5.32 Å². The molecule has 4 nitrogen and oxygen atoms in total. The molecule has 18 heavy (non-hydrogen) atoms. The maximum atomic E-state index is 9.42. The van der Waals surface area contributed by atoms with Crippen molar-refractivity contribution in [3.63, 3.8) is 0 Å². The summed E-state index contributed by atoms with van der Waals surface area (Å²) in [6.45, 7) is 1.88. The summed E-state index contributed by atoms with van der Waals surface area (Å²) in [5.74, 6) is 1.71. The fourth-order valence-corrected chi connectivity index (χ4v) is 2.47. The smallest absolute Gasteiger partial charge is 0.127 e. The molecule has 1 aliphatic rings. The van der Waals surface area contributed by atoms with Gasteiger partial charge in [0, 0.05) is 11.6 Å². The van der Waals surface area contributed by atoms with E-state index in [1.54, 1.807) is 14.2 Å². The van der Waals surface area contributed by atoms with E-state index in [1.807, 2.05) is 18.2 Å². The summed E-state index contributed by atoms with van der Waals surface area (Å²) in [7, 11) is 3.25. The zero-order chi connectivity index (χ0) is 13.0. The molecule has 0 amide bonds. The van der Waals surface area contributed by atoms with Crippen LogP contribution in [0, 0.1) is 17.2 Å². The molecule has 96 valence electrons. The van der Waals surface area contributed by atoms with Crippen LogP contribution in [0.15, 0.2) is 18.2 Å². The van der Waals surface area contributed by atoms with Gasteiger partial charge in [0.15, 0.2) is 0 Å². The lowest BCUT2D eigenvalue weighted by atomic mass is 9.86. The highest BCUT2D eigenvalue weighted by atomic mass is 16.5. The summed E-state index contributed by atoms with van der Waals surface area (Å²) in [5, 5.41) is 12.7. The molecule has 0 bridgehead atoms. The van der Waals surface area contributed by atoms with Crippen LogP contribution in [0.25, 0.3) is 0 Å². The Morgan fingerprint density at radius 3 is 2.78 bits per heavy atom. The lowest BCUT2D eigenvalue weighted by molar-refractivity contribution is 0.385. The summed E-state index contributed by atoms with van der Waals surface area (Å²) in [5.41, 5.74) is 0.953. The molecule has 1 aromatic rings. The number of nitriles is 1. The van der Waals surface area contributed by atoms with Crippen LogP contribution in [0.5, 0.6) is 11.5 Å². The van der Waals surface area contributed by atoms with Crippen LogP contribution in [0.2, 0.25) is 0 Å². The van der Waals surface area contributed by atoms with E-state index in [4.69, 9.17) is 9.47 Å². The predicted molar refractivity (Wildman–Crippen MR) is 68.9 cm³/mol. The third-order valence-electron chi connectivity index (χ3n) is 3.48. The Bertz CT molecular complexity index is 448. The van der Waals surface area contributed by atoms with Gasteiger partial charge in [0.2, 0.25) is 0 Å². The van der Waals surface area contributed by atoms with E-state index in [0.717, 1.165) is 36.6 Å². The molecule has 2 atom stereocenters. The average molecular weight is 246 g/mol. The minimum atomic E-state index is -0.124. The number of ether oxygens (including phenoxy) is 2. The molecular weight excluding hydrogens is 228 g/mol. The normalized spacial score (nSPS) is 20.2. The van der Waals surface area contributed by atoms with Gasteiger partial charge in [0.25, 0.3) is 0 Å². The number of methoxy groups -OCH3 is 2. The highest BCUT2D eigenvalue weighted by molar-refractivity contribution is 5.45. The Morgan fingerprint density at radius 1 is 1.39 bits per heavy atom. The van der Waals surface area contributed by atoms with Gasteiger partial charge >= 0.3 is 0 Å². The molecular formula is C14H18N2O2.